The number of anilines is 1. The minimum Gasteiger partial charge on any atom is -0.309 e. The third-order valence-electron chi connectivity index (χ3n) is 2.53. The van der Waals surface area contributed by atoms with Crippen molar-refractivity contribution in [2.75, 3.05) is 11.9 Å². The lowest BCUT2D eigenvalue weighted by Crippen LogP contribution is -2.49. The average molecular weight is 235 g/mol. The van der Waals surface area contributed by atoms with Gasteiger partial charge >= 0.3 is 0 Å². The van der Waals surface area contributed by atoms with Crippen molar-refractivity contribution in [3.63, 3.8) is 0 Å². The lowest BCUT2D eigenvalue weighted by molar-refractivity contribution is -0.121. The summed E-state index contributed by atoms with van der Waals surface area (Å²) in [4.78, 5) is 16.3. The quantitative estimate of drug-likeness (QED) is 0.839. The summed E-state index contributed by atoms with van der Waals surface area (Å²) < 4.78 is 0. The normalized spacial score (nSPS) is 11.4. The van der Waals surface area contributed by atoms with Gasteiger partial charge in [-0.15, -0.1) is 0 Å². The van der Waals surface area contributed by atoms with Gasteiger partial charge in [0.1, 0.15) is 5.82 Å². The zero-order valence-electron chi connectivity index (χ0n) is 11.2. The number of likely N-dealkylation sites (N-methyl/N-ethyl adjacent to an activating group) is 1. The van der Waals surface area contributed by atoms with Gasteiger partial charge < -0.3 is 10.6 Å². The molecule has 0 saturated carbocycles. The molecule has 0 saturated heterocycles. The summed E-state index contributed by atoms with van der Waals surface area (Å²) in [5.41, 5.74) is 1.41. The smallest absolute Gasteiger partial charge is 0.245 e. The van der Waals surface area contributed by atoms with Crippen molar-refractivity contribution in [1.29, 1.82) is 0 Å². The second-order valence-electron chi connectivity index (χ2n) is 4.78. The number of rotatable bonds is 4. The van der Waals surface area contributed by atoms with Crippen LogP contribution in [0.25, 0.3) is 0 Å². The van der Waals surface area contributed by atoms with Crippen LogP contribution in [0.1, 0.15) is 32.0 Å². The Morgan fingerprint density at radius 1 is 1.35 bits per heavy atom. The van der Waals surface area contributed by atoms with Gasteiger partial charge in [0, 0.05) is 5.69 Å². The molecular formula is C13H21N3O. The molecule has 0 atom stereocenters. The summed E-state index contributed by atoms with van der Waals surface area (Å²) in [6.45, 7) is 10.3. The maximum absolute atomic E-state index is 12.0. The monoisotopic (exact) mass is 235 g/mol. The summed E-state index contributed by atoms with van der Waals surface area (Å²) in [6, 6.07) is 3.85. The van der Waals surface area contributed by atoms with Crippen molar-refractivity contribution in [2.24, 2.45) is 0 Å². The van der Waals surface area contributed by atoms with E-state index in [2.05, 4.69) is 15.6 Å². The highest BCUT2D eigenvalue weighted by Gasteiger charge is 2.26. The Morgan fingerprint density at radius 3 is 2.53 bits per heavy atom. The molecule has 0 spiro atoms. The molecule has 17 heavy (non-hydrogen) atoms. The van der Waals surface area contributed by atoms with Crippen LogP contribution in [0.3, 0.4) is 0 Å². The van der Waals surface area contributed by atoms with Gasteiger partial charge in [-0.1, -0.05) is 6.92 Å². The first kappa shape index (κ1) is 13.6. The summed E-state index contributed by atoms with van der Waals surface area (Å²) in [5.74, 6) is 0.537. The highest BCUT2D eigenvalue weighted by atomic mass is 16.2. The number of hydrogen-bond acceptors (Lipinski definition) is 3. The maximum atomic E-state index is 12.0. The fourth-order valence-electron chi connectivity index (χ4n) is 1.70. The number of aromatic nitrogens is 1. The Kier molecular flexibility index (Phi) is 4.23. The minimum absolute atomic E-state index is 0.0724. The molecule has 4 nitrogen and oxygen atoms in total. The molecule has 1 aromatic rings. The van der Waals surface area contributed by atoms with E-state index in [9.17, 15) is 4.79 Å². The van der Waals surface area contributed by atoms with Crippen LogP contribution in [-0.2, 0) is 4.79 Å². The summed E-state index contributed by atoms with van der Waals surface area (Å²) in [6.07, 6.45) is 0. The number of aryl methyl sites for hydroxylation is 2. The van der Waals surface area contributed by atoms with Gasteiger partial charge in [0.2, 0.25) is 5.91 Å². The lowest BCUT2D eigenvalue weighted by atomic mass is 10.0. The second-order valence-corrected chi connectivity index (χ2v) is 4.78. The van der Waals surface area contributed by atoms with Gasteiger partial charge in [0.05, 0.1) is 5.54 Å². The number of amides is 1. The van der Waals surface area contributed by atoms with Crippen molar-refractivity contribution >= 4 is 11.7 Å². The zero-order chi connectivity index (χ0) is 13.1. The molecule has 1 amide bonds. The molecular weight excluding hydrogens is 214 g/mol. The molecule has 0 aliphatic carbocycles. The molecule has 0 radical (unpaired) electrons. The first-order valence-corrected chi connectivity index (χ1v) is 5.87. The largest absolute Gasteiger partial charge is 0.309 e. The molecule has 0 unspecified atom stereocenters. The van der Waals surface area contributed by atoms with E-state index in [1.165, 1.54) is 0 Å². The van der Waals surface area contributed by atoms with Gasteiger partial charge in [-0.25, -0.2) is 4.98 Å². The molecule has 0 bridgehead atoms. The summed E-state index contributed by atoms with van der Waals surface area (Å²) in [7, 11) is 0. The van der Waals surface area contributed by atoms with E-state index in [4.69, 9.17) is 0 Å². The van der Waals surface area contributed by atoms with Gasteiger partial charge in [-0.3, -0.25) is 4.79 Å². The maximum Gasteiger partial charge on any atom is 0.245 e. The van der Waals surface area contributed by atoms with Crippen molar-refractivity contribution < 1.29 is 4.79 Å². The van der Waals surface area contributed by atoms with Gasteiger partial charge in [0.15, 0.2) is 0 Å². The number of nitrogens with one attached hydrogen (secondary N) is 2. The van der Waals surface area contributed by atoms with Gasteiger partial charge in [-0.05, 0) is 51.9 Å². The first-order chi connectivity index (χ1) is 7.85. The number of carbonyl (C=O) groups is 1. The van der Waals surface area contributed by atoms with Gasteiger partial charge in [-0.2, -0.15) is 0 Å². The fourth-order valence-corrected chi connectivity index (χ4v) is 1.70. The van der Waals surface area contributed by atoms with E-state index in [1.807, 2.05) is 46.8 Å². The highest BCUT2D eigenvalue weighted by Crippen LogP contribution is 2.12. The fraction of sp³-hybridized carbons (Fsp3) is 0.538. The van der Waals surface area contributed by atoms with Crippen LogP contribution in [0.4, 0.5) is 5.82 Å². The van der Waals surface area contributed by atoms with Crippen LogP contribution in [-0.4, -0.2) is 23.0 Å². The van der Waals surface area contributed by atoms with E-state index < -0.39 is 5.54 Å². The third-order valence-corrected chi connectivity index (χ3v) is 2.53. The molecule has 94 valence electrons. The number of hydrogen-bond donors (Lipinski definition) is 2. The Balaban J connectivity index is 2.80. The van der Waals surface area contributed by atoms with Crippen LogP contribution >= 0.6 is 0 Å². The SMILES string of the molecule is CCNC(C)(C)C(=O)Nc1cc(C)cc(C)n1. The standard InChI is InChI=1S/C13H21N3O/c1-6-14-13(4,5)12(17)16-11-8-9(2)7-10(3)15-11/h7-8,14H,6H2,1-5H3,(H,15,16,17). The Bertz CT molecular complexity index is 393. The molecule has 0 aliphatic rings. The number of carbonyl (C=O) groups excluding carboxylic acids is 1. The van der Waals surface area contributed by atoms with Crippen LogP contribution < -0.4 is 10.6 Å². The van der Waals surface area contributed by atoms with E-state index in [-0.39, 0.29) is 5.91 Å². The van der Waals surface area contributed by atoms with E-state index in [0.29, 0.717) is 5.82 Å². The topological polar surface area (TPSA) is 54.0 Å². The third kappa shape index (κ3) is 3.82. The Morgan fingerprint density at radius 2 is 2.00 bits per heavy atom. The van der Waals surface area contributed by atoms with E-state index in [1.54, 1.807) is 0 Å². The molecule has 4 heteroatoms. The summed E-state index contributed by atoms with van der Waals surface area (Å²) in [5, 5.41) is 5.97. The lowest BCUT2D eigenvalue weighted by Gasteiger charge is -2.24. The Labute approximate surface area is 103 Å². The molecule has 0 aliphatic heterocycles. The van der Waals surface area contributed by atoms with Crippen LogP contribution in [0.15, 0.2) is 12.1 Å². The number of nitrogens with zero attached hydrogens (tertiary/aromatic N) is 1. The molecule has 0 fully saturated rings. The number of pyridine rings is 1. The molecule has 2 N–H and O–H groups in total. The molecule has 1 rings (SSSR count). The predicted molar refractivity (Wildman–Crippen MR) is 70.1 cm³/mol. The van der Waals surface area contributed by atoms with Gasteiger partial charge in [0.25, 0.3) is 0 Å². The van der Waals surface area contributed by atoms with E-state index in [0.717, 1.165) is 17.8 Å². The molecule has 1 heterocycles. The van der Waals surface area contributed by atoms with Crippen molar-refractivity contribution in [3.8, 4) is 0 Å². The second kappa shape index (κ2) is 5.27. The van der Waals surface area contributed by atoms with E-state index >= 15 is 0 Å². The predicted octanol–water partition coefficient (Wildman–Crippen LogP) is 2.03. The summed E-state index contributed by atoms with van der Waals surface area (Å²) >= 11 is 0. The highest BCUT2D eigenvalue weighted by molar-refractivity contribution is 5.96. The molecule has 0 aromatic carbocycles. The van der Waals surface area contributed by atoms with Crippen LogP contribution in [0.2, 0.25) is 0 Å². The average Bonchev–Trinajstić information content (AvgIpc) is 2.15. The van der Waals surface area contributed by atoms with Crippen molar-refractivity contribution in [1.82, 2.24) is 10.3 Å². The minimum atomic E-state index is -0.589. The van der Waals surface area contributed by atoms with Crippen molar-refractivity contribution in [2.45, 2.75) is 40.2 Å². The first-order valence-electron chi connectivity index (χ1n) is 5.87. The van der Waals surface area contributed by atoms with Crippen LogP contribution in [0, 0.1) is 13.8 Å². The zero-order valence-corrected chi connectivity index (χ0v) is 11.2. The molecule has 1 aromatic heterocycles. The Hall–Kier alpha value is -1.42. The van der Waals surface area contributed by atoms with Crippen molar-refractivity contribution in [3.05, 3.63) is 23.4 Å². The van der Waals surface area contributed by atoms with Crippen LogP contribution in [0.5, 0.6) is 0 Å².